The number of nitrogens with zero attached hydrogens (tertiary/aromatic N) is 2. The van der Waals surface area contributed by atoms with Gasteiger partial charge in [-0.25, -0.2) is 8.70 Å². The number of aryl methyl sites for hydroxylation is 2. The van der Waals surface area contributed by atoms with Gasteiger partial charge in [-0.2, -0.15) is 12.7 Å². The predicted molar refractivity (Wildman–Crippen MR) is 107 cm³/mol. The molecule has 2 aromatic rings. The number of nitrogens with one attached hydrogen (secondary N) is 1. The third-order valence-corrected chi connectivity index (χ3v) is 6.58. The van der Waals surface area contributed by atoms with Gasteiger partial charge in [0.05, 0.1) is 11.4 Å². The number of anilines is 2. The molecule has 1 aliphatic heterocycles. The first-order chi connectivity index (χ1) is 12.8. The molecule has 0 unspecified atom stereocenters. The molecule has 0 saturated carbocycles. The maximum absolute atomic E-state index is 14.7. The zero-order chi connectivity index (χ0) is 19.6. The van der Waals surface area contributed by atoms with E-state index in [0.717, 1.165) is 40.4 Å². The van der Waals surface area contributed by atoms with Gasteiger partial charge in [0, 0.05) is 13.1 Å². The number of hydrogen-bond donors (Lipinski definition) is 1. The Balaban J connectivity index is 2.06. The van der Waals surface area contributed by atoms with E-state index < -0.39 is 16.0 Å². The van der Waals surface area contributed by atoms with Gasteiger partial charge >= 0.3 is 10.2 Å². The summed E-state index contributed by atoms with van der Waals surface area (Å²) in [6.45, 7) is 5.30. The molecule has 2 aromatic carbocycles. The van der Waals surface area contributed by atoms with Crippen LogP contribution in [0.2, 0.25) is 0 Å². The summed E-state index contributed by atoms with van der Waals surface area (Å²) >= 11 is 0. The van der Waals surface area contributed by atoms with Crippen molar-refractivity contribution in [1.29, 1.82) is 0 Å². The first kappa shape index (κ1) is 19.8. The van der Waals surface area contributed by atoms with Crippen LogP contribution in [-0.2, 0) is 16.8 Å². The van der Waals surface area contributed by atoms with E-state index in [0.29, 0.717) is 18.8 Å². The van der Waals surface area contributed by atoms with Gasteiger partial charge in [-0.05, 0) is 69.6 Å². The Morgan fingerprint density at radius 3 is 2.37 bits per heavy atom. The predicted octanol–water partition coefficient (Wildman–Crippen LogP) is 3.64. The summed E-state index contributed by atoms with van der Waals surface area (Å²) in [7, 11) is -1.99. The molecule has 3 rings (SSSR count). The van der Waals surface area contributed by atoms with Crippen LogP contribution in [0.5, 0.6) is 0 Å². The van der Waals surface area contributed by atoms with Gasteiger partial charge in [0.1, 0.15) is 5.82 Å². The van der Waals surface area contributed by atoms with Crippen LogP contribution in [0.1, 0.15) is 29.5 Å². The quantitative estimate of drug-likeness (QED) is 0.765. The summed E-state index contributed by atoms with van der Waals surface area (Å²) in [6.07, 6.45) is 1.62. The second-order valence-corrected chi connectivity index (χ2v) is 8.78. The molecule has 0 fully saturated rings. The molecule has 0 aromatic heterocycles. The Kier molecular flexibility index (Phi) is 5.83. The second-order valence-electron chi connectivity index (χ2n) is 7.00. The molecule has 27 heavy (non-hydrogen) atoms. The number of halogens is 1. The van der Waals surface area contributed by atoms with E-state index in [1.807, 2.05) is 26.1 Å². The monoisotopic (exact) mass is 391 g/mol. The molecule has 0 bridgehead atoms. The minimum atomic E-state index is -3.86. The van der Waals surface area contributed by atoms with E-state index in [2.05, 4.69) is 5.32 Å². The average Bonchev–Trinajstić information content (AvgIpc) is 2.60. The third-order valence-electron chi connectivity index (χ3n) is 4.76. The summed E-state index contributed by atoms with van der Waals surface area (Å²) in [5, 5.41) is 3.07. The fraction of sp³-hybridized carbons (Fsp3) is 0.400. The van der Waals surface area contributed by atoms with E-state index in [4.69, 9.17) is 0 Å². The molecule has 146 valence electrons. The molecule has 0 spiro atoms. The standard InChI is InChI=1S/C20H26FN3O2S/c1-15-6-8-19-17(12-15)14-23(11-5-4-10-22-3)27(25,26)24(19)20-9-7-16(2)13-18(20)21/h6-9,12-13,22H,4-5,10-11,14H2,1-3H3. The van der Waals surface area contributed by atoms with Gasteiger partial charge in [-0.3, -0.25) is 0 Å². The lowest BCUT2D eigenvalue weighted by molar-refractivity contribution is 0.388. The molecule has 0 amide bonds. The van der Waals surface area contributed by atoms with Gasteiger partial charge in [0.15, 0.2) is 0 Å². The zero-order valence-electron chi connectivity index (χ0n) is 16.0. The van der Waals surface area contributed by atoms with Crippen molar-refractivity contribution < 1.29 is 12.8 Å². The summed E-state index contributed by atoms with van der Waals surface area (Å²) in [4.78, 5) is 0. The van der Waals surface area contributed by atoms with Crippen molar-refractivity contribution in [2.24, 2.45) is 0 Å². The van der Waals surface area contributed by atoms with E-state index in [1.54, 1.807) is 19.1 Å². The average molecular weight is 392 g/mol. The SMILES string of the molecule is CNCCCCN1Cc2cc(C)ccc2N(c2ccc(C)cc2F)S1(=O)=O. The highest BCUT2D eigenvalue weighted by molar-refractivity contribution is 7.90. The van der Waals surface area contributed by atoms with E-state index in [1.165, 1.54) is 16.4 Å². The lowest BCUT2D eigenvalue weighted by Gasteiger charge is -2.37. The Bertz CT molecular complexity index is 931. The smallest absolute Gasteiger partial charge is 0.308 e. The fourth-order valence-corrected chi connectivity index (χ4v) is 5.08. The number of hydrogen-bond acceptors (Lipinski definition) is 3. The summed E-state index contributed by atoms with van der Waals surface area (Å²) in [5.41, 5.74) is 3.27. The van der Waals surface area contributed by atoms with Crippen LogP contribution in [0.25, 0.3) is 0 Å². The van der Waals surface area contributed by atoms with Crippen LogP contribution in [-0.4, -0.2) is 32.9 Å². The molecule has 1 heterocycles. The van der Waals surface area contributed by atoms with E-state index in [-0.39, 0.29) is 5.69 Å². The van der Waals surface area contributed by atoms with Crippen molar-refractivity contribution >= 4 is 21.6 Å². The Hall–Kier alpha value is -1.96. The Morgan fingerprint density at radius 1 is 1.04 bits per heavy atom. The molecule has 0 atom stereocenters. The minimum absolute atomic E-state index is 0.0608. The van der Waals surface area contributed by atoms with Crippen LogP contribution in [0.4, 0.5) is 15.8 Å². The Labute approximate surface area is 161 Å². The van der Waals surface area contributed by atoms with Gasteiger partial charge in [-0.15, -0.1) is 0 Å². The maximum Gasteiger partial charge on any atom is 0.308 e. The first-order valence-electron chi connectivity index (χ1n) is 9.15. The number of unbranched alkanes of at least 4 members (excludes halogenated alkanes) is 1. The van der Waals surface area contributed by atoms with Gasteiger partial charge in [-0.1, -0.05) is 23.8 Å². The minimum Gasteiger partial charge on any atom is -0.320 e. The summed E-state index contributed by atoms with van der Waals surface area (Å²) in [5.74, 6) is -0.540. The lowest BCUT2D eigenvalue weighted by atomic mass is 10.1. The van der Waals surface area contributed by atoms with Crippen molar-refractivity contribution in [2.45, 2.75) is 33.2 Å². The van der Waals surface area contributed by atoms with Gasteiger partial charge in [0.2, 0.25) is 0 Å². The highest BCUT2D eigenvalue weighted by atomic mass is 32.2. The number of benzene rings is 2. The lowest BCUT2D eigenvalue weighted by Crippen LogP contribution is -2.46. The topological polar surface area (TPSA) is 52.6 Å². The van der Waals surface area contributed by atoms with Crippen molar-refractivity contribution in [3.05, 3.63) is 58.9 Å². The van der Waals surface area contributed by atoms with Crippen molar-refractivity contribution in [3.63, 3.8) is 0 Å². The summed E-state index contributed by atoms with van der Waals surface area (Å²) in [6, 6.07) is 10.2. The van der Waals surface area contributed by atoms with E-state index >= 15 is 0 Å². The molecule has 1 N–H and O–H groups in total. The van der Waals surface area contributed by atoms with Gasteiger partial charge in [0.25, 0.3) is 0 Å². The molecular formula is C20H26FN3O2S. The van der Waals surface area contributed by atoms with Crippen LogP contribution in [0, 0.1) is 19.7 Å². The van der Waals surface area contributed by atoms with E-state index in [9.17, 15) is 12.8 Å². The zero-order valence-corrected chi connectivity index (χ0v) is 16.8. The van der Waals surface area contributed by atoms with Gasteiger partial charge < -0.3 is 5.32 Å². The largest absolute Gasteiger partial charge is 0.320 e. The second kappa shape index (κ2) is 7.96. The third kappa shape index (κ3) is 4.00. The molecule has 0 aliphatic carbocycles. The highest BCUT2D eigenvalue weighted by Gasteiger charge is 2.38. The molecular weight excluding hydrogens is 365 g/mol. The molecule has 0 saturated heterocycles. The summed E-state index contributed by atoms with van der Waals surface area (Å²) < 4.78 is 44.0. The van der Waals surface area contributed by atoms with Crippen LogP contribution in [0.15, 0.2) is 36.4 Å². The van der Waals surface area contributed by atoms with Crippen LogP contribution in [0.3, 0.4) is 0 Å². The Morgan fingerprint density at radius 2 is 1.70 bits per heavy atom. The van der Waals surface area contributed by atoms with Crippen molar-refractivity contribution in [2.75, 3.05) is 24.4 Å². The van der Waals surface area contributed by atoms with Crippen LogP contribution < -0.4 is 9.62 Å². The first-order valence-corrected chi connectivity index (χ1v) is 10.5. The maximum atomic E-state index is 14.7. The molecule has 5 nitrogen and oxygen atoms in total. The normalized spacial score (nSPS) is 16.4. The van der Waals surface area contributed by atoms with Crippen molar-refractivity contribution in [3.8, 4) is 0 Å². The van der Waals surface area contributed by atoms with Crippen molar-refractivity contribution in [1.82, 2.24) is 9.62 Å². The fourth-order valence-electron chi connectivity index (χ4n) is 3.37. The number of rotatable bonds is 6. The molecule has 1 aliphatic rings. The molecule has 0 radical (unpaired) electrons. The highest BCUT2D eigenvalue weighted by Crippen LogP contribution is 2.40. The molecule has 7 heteroatoms. The number of fused-ring (bicyclic) bond motifs is 1. The van der Waals surface area contributed by atoms with Crippen LogP contribution >= 0.6 is 0 Å².